The van der Waals surface area contributed by atoms with Crippen molar-refractivity contribution in [3.8, 4) is 10.6 Å². The quantitative estimate of drug-likeness (QED) is 0.302. The molecule has 0 fully saturated rings. The molecule has 0 aliphatic rings. The SMILES string of the molecule is Cc1ccc(-c2cc(C(=O)Nc3cccc(NC(=O)c4ccncc4)c3)c3cnn(C(C)C)c3n2)s1. The highest BCUT2D eigenvalue weighted by atomic mass is 32.1. The molecule has 0 aliphatic heterocycles. The van der Waals surface area contributed by atoms with Gasteiger partial charge in [0.2, 0.25) is 0 Å². The van der Waals surface area contributed by atoms with Gasteiger partial charge in [0.05, 0.1) is 27.7 Å². The summed E-state index contributed by atoms with van der Waals surface area (Å²) in [5, 5.41) is 11.0. The Bertz CT molecular complexity index is 1570. The monoisotopic (exact) mass is 496 g/mol. The lowest BCUT2D eigenvalue weighted by molar-refractivity contribution is 0.102. The lowest BCUT2D eigenvalue weighted by atomic mass is 10.1. The summed E-state index contributed by atoms with van der Waals surface area (Å²) in [6.45, 7) is 6.10. The van der Waals surface area contributed by atoms with Crippen LogP contribution in [0.2, 0.25) is 0 Å². The maximum atomic E-state index is 13.5. The molecule has 4 aromatic heterocycles. The molecule has 2 amide bonds. The molecule has 36 heavy (non-hydrogen) atoms. The van der Waals surface area contributed by atoms with Gasteiger partial charge in [0.1, 0.15) is 0 Å². The van der Waals surface area contributed by atoms with Gasteiger partial charge in [0.25, 0.3) is 11.8 Å². The highest BCUT2D eigenvalue weighted by molar-refractivity contribution is 7.15. The summed E-state index contributed by atoms with van der Waals surface area (Å²) in [6.07, 6.45) is 4.81. The standard InChI is InChI=1S/C27H24N6O2S/c1-16(2)33-25-22(15-29-33)21(14-23(32-25)24-8-7-17(3)36-24)27(35)31-20-6-4-5-19(13-20)30-26(34)18-9-11-28-12-10-18/h4-16H,1-3H3,(H,30,34)(H,31,35). The molecule has 0 aliphatic carbocycles. The fraction of sp³-hybridized carbons (Fsp3) is 0.148. The Kier molecular flexibility index (Phi) is 6.30. The van der Waals surface area contributed by atoms with Gasteiger partial charge >= 0.3 is 0 Å². The molecule has 1 aromatic carbocycles. The molecule has 0 atom stereocenters. The predicted molar refractivity (Wildman–Crippen MR) is 143 cm³/mol. The lowest BCUT2D eigenvalue weighted by Gasteiger charge is -2.11. The number of nitrogens with zero attached hydrogens (tertiary/aromatic N) is 4. The Morgan fingerprint density at radius 1 is 0.944 bits per heavy atom. The van der Waals surface area contributed by atoms with E-state index in [1.807, 2.05) is 43.7 Å². The number of hydrogen-bond donors (Lipinski definition) is 2. The first-order chi connectivity index (χ1) is 17.4. The van der Waals surface area contributed by atoms with Crippen molar-refractivity contribution in [1.29, 1.82) is 0 Å². The number of fused-ring (bicyclic) bond motifs is 1. The fourth-order valence-electron chi connectivity index (χ4n) is 3.86. The van der Waals surface area contributed by atoms with Gasteiger partial charge in [0, 0.05) is 40.3 Å². The van der Waals surface area contributed by atoms with E-state index in [0.29, 0.717) is 33.5 Å². The third kappa shape index (κ3) is 4.73. The average molecular weight is 497 g/mol. The van der Waals surface area contributed by atoms with Crippen LogP contribution in [0, 0.1) is 6.92 Å². The van der Waals surface area contributed by atoms with Gasteiger partial charge in [-0.15, -0.1) is 11.3 Å². The second-order valence-corrected chi connectivity index (χ2v) is 9.90. The largest absolute Gasteiger partial charge is 0.322 e. The van der Waals surface area contributed by atoms with Crippen molar-refractivity contribution in [2.75, 3.05) is 10.6 Å². The second-order valence-electron chi connectivity index (χ2n) is 8.61. The number of anilines is 2. The van der Waals surface area contributed by atoms with E-state index in [2.05, 4.69) is 20.7 Å². The Balaban J connectivity index is 1.46. The van der Waals surface area contributed by atoms with E-state index in [0.717, 1.165) is 10.6 Å². The molecule has 0 radical (unpaired) electrons. The van der Waals surface area contributed by atoms with Crippen LogP contribution in [0.5, 0.6) is 0 Å². The van der Waals surface area contributed by atoms with Crippen molar-refractivity contribution in [3.05, 3.63) is 89.2 Å². The van der Waals surface area contributed by atoms with Gasteiger partial charge in [0.15, 0.2) is 5.65 Å². The van der Waals surface area contributed by atoms with Crippen LogP contribution in [0.15, 0.2) is 73.2 Å². The Morgan fingerprint density at radius 2 is 1.67 bits per heavy atom. The average Bonchev–Trinajstić information content (AvgIpc) is 3.50. The lowest BCUT2D eigenvalue weighted by Crippen LogP contribution is -2.15. The fourth-order valence-corrected chi connectivity index (χ4v) is 4.69. The minimum Gasteiger partial charge on any atom is -0.322 e. The second kappa shape index (κ2) is 9.71. The number of benzene rings is 1. The maximum Gasteiger partial charge on any atom is 0.256 e. The minimum absolute atomic E-state index is 0.0897. The van der Waals surface area contributed by atoms with E-state index < -0.39 is 0 Å². The van der Waals surface area contributed by atoms with Crippen LogP contribution in [0.1, 0.15) is 45.5 Å². The topological polar surface area (TPSA) is 102 Å². The zero-order valence-corrected chi connectivity index (χ0v) is 20.8. The first kappa shape index (κ1) is 23.4. The van der Waals surface area contributed by atoms with Crippen LogP contribution in [-0.4, -0.2) is 31.6 Å². The molecule has 0 bridgehead atoms. The molecule has 0 saturated carbocycles. The summed E-state index contributed by atoms with van der Waals surface area (Å²) < 4.78 is 1.82. The normalized spacial score (nSPS) is 11.1. The van der Waals surface area contributed by atoms with Gasteiger partial charge in [-0.2, -0.15) is 5.10 Å². The summed E-state index contributed by atoms with van der Waals surface area (Å²) in [4.78, 5) is 36.9. The van der Waals surface area contributed by atoms with Crippen LogP contribution in [0.25, 0.3) is 21.6 Å². The summed E-state index contributed by atoms with van der Waals surface area (Å²) >= 11 is 1.63. The Morgan fingerprint density at radius 3 is 2.33 bits per heavy atom. The number of rotatable bonds is 6. The van der Waals surface area contributed by atoms with Gasteiger partial charge in [-0.05, 0) is 69.3 Å². The van der Waals surface area contributed by atoms with Crippen LogP contribution in [0.3, 0.4) is 0 Å². The zero-order chi connectivity index (χ0) is 25.2. The summed E-state index contributed by atoms with van der Waals surface area (Å²) in [7, 11) is 0. The molecule has 9 heteroatoms. The molecule has 5 rings (SSSR count). The van der Waals surface area contributed by atoms with Crippen LogP contribution < -0.4 is 10.6 Å². The zero-order valence-electron chi connectivity index (χ0n) is 20.0. The number of amides is 2. The van der Waals surface area contributed by atoms with Gasteiger partial charge in [-0.25, -0.2) is 9.67 Å². The van der Waals surface area contributed by atoms with Crippen LogP contribution >= 0.6 is 11.3 Å². The van der Waals surface area contributed by atoms with Crippen molar-refractivity contribution in [2.24, 2.45) is 0 Å². The molecule has 0 saturated heterocycles. The highest BCUT2D eigenvalue weighted by Gasteiger charge is 2.19. The van der Waals surface area contributed by atoms with Crippen LogP contribution in [0.4, 0.5) is 11.4 Å². The first-order valence-corrected chi connectivity index (χ1v) is 12.3. The molecular formula is C27H24N6O2S. The molecule has 5 aromatic rings. The number of carbonyl (C=O) groups excluding carboxylic acids is 2. The summed E-state index contributed by atoms with van der Waals surface area (Å²) in [5.41, 5.74) is 3.50. The van der Waals surface area contributed by atoms with Gasteiger partial charge in [-0.1, -0.05) is 6.07 Å². The van der Waals surface area contributed by atoms with E-state index in [1.165, 1.54) is 4.88 Å². The van der Waals surface area contributed by atoms with E-state index in [9.17, 15) is 9.59 Å². The number of nitrogens with one attached hydrogen (secondary N) is 2. The van der Waals surface area contributed by atoms with Crippen molar-refractivity contribution < 1.29 is 9.59 Å². The predicted octanol–water partition coefficient (Wildman–Crippen LogP) is 5.95. The maximum absolute atomic E-state index is 13.5. The number of hydrogen-bond acceptors (Lipinski definition) is 6. The van der Waals surface area contributed by atoms with Crippen molar-refractivity contribution in [1.82, 2.24) is 19.7 Å². The van der Waals surface area contributed by atoms with E-state index in [4.69, 9.17) is 4.98 Å². The van der Waals surface area contributed by atoms with Gasteiger partial charge in [-0.3, -0.25) is 14.6 Å². The molecule has 8 nitrogen and oxygen atoms in total. The number of pyridine rings is 2. The molecule has 180 valence electrons. The number of aromatic nitrogens is 4. The summed E-state index contributed by atoms with van der Waals surface area (Å²) in [6, 6.07) is 16.3. The van der Waals surface area contributed by atoms with E-state index in [1.54, 1.807) is 66.3 Å². The smallest absolute Gasteiger partial charge is 0.256 e. The van der Waals surface area contributed by atoms with Crippen LogP contribution in [-0.2, 0) is 0 Å². The number of aryl methyl sites for hydroxylation is 1. The van der Waals surface area contributed by atoms with E-state index >= 15 is 0 Å². The molecule has 0 spiro atoms. The molecule has 2 N–H and O–H groups in total. The molecular weight excluding hydrogens is 472 g/mol. The third-order valence-corrected chi connectivity index (χ3v) is 6.64. The number of carbonyl (C=O) groups is 2. The minimum atomic E-state index is -0.280. The van der Waals surface area contributed by atoms with E-state index in [-0.39, 0.29) is 17.9 Å². The highest BCUT2D eigenvalue weighted by Crippen LogP contribution is 2.31. The van der Waals surface area contributed by atoms with Gasteiger partial charge < -0.3 is 10.6 Å². The Labute approximate surface area is 212 Å². The summed E-state index contributed by atoms with van der Waals surface area (Å²) in [5.74, 6) is -0.536. The van der Waals surface area contributed by atoms with Crippen molar-refractivity contribution in [2.45, 2.75) is 26.8 Å². The van der Waals surface area contributed by atoms with Crippen molar-refractivity contribution in [3.63, 3.8) is 0 Å². The van der Waals surface area contributed by atoms with Crippen molar-refractivity contribution >= 4 is 45.6 Å². The third-order valence-electron chi connectivity index (χ3n) is 5.61. The Hall–Kier alpha value is -4.37. The molecule has 0 unspecified atom stereocenters. The number of thiophene rings is 1. The molecule has 4 heterocycles. The first-order valence-electron chi connectivity index (χ1n) is 11.5.